The van der Waals surface area contributed by atoms with E-state index < -0.39 is 17.8 Å². The molecule has 33 heavy (non-hydrogen) atoms. The summed E-state index contributed by atoms with van der Waals surface area (Å²) in [7, 11) is 0. The number of hydrogen-bond donors (Lipinski definition) is 3. The lowest BCUT2D eigenvalue weighted by molar-refractivity contribution is 0.0374. The van der Waals surface area contributed by atoms with Gasteiger partial charge in [-0.2, -0.15) is 5.10 Å². The number of amides is 2. The maximum absolute atomic E-state index is 12.1. The van der Waals surface area contributed by atoms with Gasteiger partial charge in [-0.05, 0) is 64.1 Å². The van der Waals surface area contributed by atoms with Crippen molar-refractivity contribution in [1.29, 1.82) is 0 Å². The van der Waals surface area contributed by atoms with Crippen LogP contribution in [0.2, 0.25) is 0 Å². The highest BCUT2D eigenvalue weighted by Crippen LogP contribution is 2.20. The fourth-order valence-corrected chi connectivity index (χ4v) is 3.79. The number of aryl methyl sites for hydroxylation is 1. The first-order chi connectivity index (χ1) is 15.6. The zero-order valence-electron chi connectivity index (χ0n) is 19.4. The first-order valence-electron chi connectivity index (χ1n) is 10.8. The number of thiophene rings is 1. The number of rotatable bonds is 7. The molecule has 1 unspecified atom stereocenters. The van der Waals surface area contributed by atoms with E-state index in [-0.39, 0.29) is 12.5 Å². The lowest BCUT2D eigenvalue weighted by Gasteiger charge is -2.30. The predicted molar refractivity (Wildman–Crippen MR) is 131 cm³/mol. The van der Waals surface area contributed by atoms with E-state index >= 15 is 0 Å². The Hall–Kier alpha value is -3.11. The van der Waals surface area contributed by atoms with Gasteiger partial charge in [-0.1, -0.05) is 0 Å². The summed E-state index contributed by atoms with van der Waals surface area (Å²) >= 11 is 1.43. The molecule has 2 amide bonds. The van der Waals surface area contributed by atoms with Gasteiger partial charge in [0.25, 0.3) is 5.91 Å². The highest BCUT2D eigenvalue weighted by Gasteiger charge is 2.24. The van der Waals surface area contributed by atoms with Crippen molar-refractivity contribution in [3.63, 3.8) is 0 Å². The summed E-state index contributed by atoms with van der Waals surface area (Å²) in [6.07, 6.45) is 0.345. The molecule has 0 spiro atoms. The van der Waals surface area contributed by atoms with Crippen molar-refractivity contribution < 1.29 is 19.4 Å². The molecule has 0 saturated carbocycles. The third kappa shape index (κ3) is 7.47. The Kier molecular flexibility index (Phi) is 7.93. The third-order valence-electron chi connectivity index (χ3n) is 4.68. The number of aliphatic hydroxyl groups excluding tert-OH is 1. The Labute approximate surface area is 198 Å². The summed E-state index contributed by atoms with van der Waals surface area (Å²) in [6, 6.07) is 11.3. The van der Waals surface area contributed by atoms with E-state index in [9.17, 15) is 14.7 Å². The molecule has 2 heterocycles. The van der Waals surface area contributed by atoms with Gasteiger partial charge in [0.2, 0.25) is 0 Å². The number of nitrogens with one attached hydrogen (secondary N) is 2. The van der Waals surface area contributed by atoms with Crippen LogP contribution in [-0.4, -0.2) is 66.2 Å². The molecule has 178 valence electrons. The number of hydrazone groups is 1. The van der Waals surface area contributed by atoms with Crippen molar-refractivity contribution >= 4 is 41.1 Å². The van der Waals surface area contributed by atoms with Gasteiger partial charge in [0.05, 0.1) is 23.2 Å². The quantitative estimate of drug-likeness (QED) is 0.570. The van der Waals surface area contributed by atoms with Crippen LogP contribution in [-0.2, 0) is 4.74 Å². The van der Waals surface area contributed by atoms with E-state index in [4.69, 9.17) is 4.74 Å². The van der Waals surface area contributed by atoms with Gasteiger partial charge in [-0.15, -0.1) is 11.3 Å². The molecule has 3 rings (SSSR count). The van der Waals surface area contributed by atoms with Crippen LogP contribution in [0.4, 0.5) is 16.2 Å². The summed E-state index contributed by atoms with van der Waals surface area (Å²) in [5, 5.41) is 22.2. The zero-order valence-corrected chi connectivity index (χ0v) is 20.2. The van der Waals surface area contributed by atoms with E-state index in [0.29, 0.717) is 24.5 Å². The van der Waals surface area contributed by atoms with Crippen molar-refractivity contribution in [2.24, 2.45) is 5.10 Å². The van der Waals surface area contributed by atoms with Gasteiger partial charge in [0.1, 0.15) is 11.9 Å². The maximum atomic E-state index is 12.1. The normalized spacial score (nSPS) is 14.7. The van der Waals surface area contributed by atoms with Gasteiger partial charge in [0, 0.05) is 30.2 Å². The van der Waals surface area contributed by atoms with Crippen LogP contribution < -0.4 is 15.6 Å². The molecular weight excluding hydrogens is 442 g/mol. The molecule has 0 fully saturated rings. The Bertz CT molecular complexity index is 983. The van der Waals surface area contributed by atoms with Crippen molar-refractivity contribution in [3.05, 3.63) is 46.2 Å². The van der Waals surface area contributed by atoms with Gasteiger partial charge in [-0.3, -0.25) is 14.7 Å². The molecule has 1 aromatic carbocycles. The number of carbonyl (C=O) groups excluding carboxylic acids is 2. The van der Waals surface area contributed by atoms with Gasteiger partial charge in [0.15, 0.2) is 0 Å². The summed E-state index contributed by atoms with van der Waals surface area (Å²) in [4.78, 5) is 27.4. The van der Waals surface area contributed by atoms with Gasteiger partial charge >= 0.3 is 6.09 Å². The van der Waals surface area contributed by atoms with E-state index in [1.54, 1.807) is 11.1 Å². The SMILES string of the molecule is Cc1ccc(C(=O)NCC(O)CNc2ccc(N3CCN(C(=O)OC(C)(C)C)C=N3)cc2)s1. The standard InChI is InChI=1S/C23H31N5O4S/c1-16-5-10-20(33-16)21(30)25-14-19(29)13-24-17-6-8-18(9-7-17)28-12-11-27(15-26-28)22(31)32-23(2,3)4/h5-10,15,19,24,29H,11-14H2,1-4H3,(H,25,30). The topological polar surface area (TPSA) is 106 Å². The molecule has 0 radical (unpaired) electrons. The molecule has 2 aromatic rings. The molecule has 1 aliphatic heterocycles. The molecule has 10 heteroatoms. The minimum Gasteiger partial charge on any atom is -0.443 e. The number of benzene rings is 1. The first kappa shape index (κ1) is 24.5. The second kappa shape index (κ2) is 10.7. The van der Waals surface area contributed by atoms with Crippen LogP contribution >= 0.6 is 11.3 Å². The molecule has 3 N–H and O–H groups in total. The van der Waals surface area contributed by atoms with Gasteiger partial charge < -0.3 is 20.5 Å². The summed E-state index contributed by atoms with van der Waals surface area (Å²) in [5.74, 6) is -0.177. The second-order valence-corrected chi connectivity index (χ2v) is 10.0. The molecule has 0 saturated heterocycles. The van der Waals surface area contributed by atoms with E-state index in [2.05, 4.69) is 15.7 Å². The van der Waals surface area contributed by atoms with E-state index in [1.807, 2.05) is 58.0 Å². The van der Waals surface area contributed by atoms with Crippen molar-refractivity contribution in [3.8, 4) is 0 Å². The number of carbonyl (C=O) groups is 2. The molecular formula is C23H31N5O4S. The lowest BCUT2D eigenvalue weighted by Crippen LogP contribution is -2.43. The average molecular weight is 474 g/mol. The largest absolute Gasteiger partial charge is 0.443 e. The Balaban J connectivity index is 1.43. The summed E-state index contributed by atoms with van der Waals surface area (Å²) in [6.45, 7) is 8.92. The number of ether oxygens (including phenoxy) is 1. The first-order valence-corrected chi connectivity index (χ1v) is 11.6. The number of aliphatic hydroxyl groups is 1. The summed E-state index contributed by atoms with van der Waals surface area (Å²) in [5.41, 5.74) is 1.18. The van der Waals surface area contributed by atoms with Crippen molar-refractivity contribution in [2.75, 3.05) is 36.5 Å². The molecule has 0 bridgehead atoms. The smallest absolute Gasteiger partial charge is 0.415 e. The molecule has 1 aromatic heterocycles. The second-order valence-electron chi connectivity index (χ2n) is 8.73. The lowest BCUT2D eigenvalue weighted by atomic mass is 10.2. The minimum atomic E-state index is -0.722. The van der Waals surface area contributed by atoms with Gasteiger partial charge in [-0.25, -0.2) is 4.79 Å². The number of nitrogens with zero attached hydrogens (tertiary/aromatic N) is 3. The molecule has 0 aliphatic carbocycles. The average Bonchev–Trinajstić information content (AvgIpc) is 3.22. The minimum absolute atomic E-state index is 0.164. The van der Waals surface area contributed by atoms with E-state index in [0.717, 1.165) is 16.3 Å². The number of hydrogen-bond acceptors (Lipinski definition) is 8. The van der Waals surface area contributed by atoms with Crippen LogP contribution in [0.5, 0.6) is 0 Å². The number of anilines is 2. The Morgan fingerprint density at radius 1 is 1.15 bits per heavy atom. The Morgan fingerprint density at radius 3 is 2.45 bits per heavy atom. The monoisotopic (exact) mass is 473 g/mol. The molecule has 9 nitrogen and oxygen atoms in total. The van der Waals surface area contributed by atoms with Crippen LogP contribution in [0.15, 0.2) is 41.5 Å². The Morgan fingerprint density at radius 2 is 1.88 bits per heavy atom. The highest BCUT2D eigenvalue weighted by atomic mass is 32.1. The van der Waals surface area contributed by atoms with Crippen LogP contribution in [0, 0.1) is 6.92 Å². The van der Waals surface area contributed by atoms with Crippen LogP contribution in [0.1, 0.15) is 35.3 Å². The van der Waals surface area contributed by atoms with E-state index in [1.165, 1.54) is 22.6 Å². The molecule has 1 atom stereocenters. The predicted octanol–water partition coefficient (Wildman–Crippen LogP) is 3.26. The fourth-order valence-electron chi connectivity index (χ4n) is 3.01. The van der Waals surface area contributed by atoms with Crippen molar-refractivity contribution in [1.82, 2.24) is 10.2 Å². The maximum Gasteiger partial charge on any atom is 0.415 e. The fraction of sp³-hybridized carbons (Fsp3) is 0.435. The molecule has 1 aliphatic rings. The van der Waals surface area contributed by atoms with Crippen molar-refractivity contribution in [2.45, 2.75) is 39.4 Å². The summed E-state index contributed by atoms with van der Waals surface area (Å²) < 4.78 is 5.36. The zero-order chi connectivity index (χ0) is 24.0. The third-order valence-corrected chi connectivity index (χ3v) is 5.68. The van der Waals surface area contributed by atoms with Crippen LogP contribution in [0.25, 0.3) is 0 Å². The van der Waals surface area contributed by atoms with Crippen LogP contribution in [0.3, 0.4) is 0 Å². The highest BCUT2D eigenvalue weighted by molar-refractivity contribution is 7.13.